The van der Waals surface area contributed by atoms with Gasteiger partial charge in [-0.3, -0.25) is 0 Å². The predicted molar refractivity (Wildman–Crippen MR) is 72.5 cm³/mol. The molecule has 0 saturated carbocycles. The zero-order valence-corrected chi connectivity index (χ0v) is 11.8. The normalized spacial score (nSPS) is 30.2. The summed E-state index contributed by atoms with van der Waals surface area (Å²) >= 11 is 3.37. The molecule has 1 aliphatic heterocycles. The molecule has 5 N–H and O–H groups in total. The van der Waals surface area contributed by atoms with Crippen LogP contribution < -0.4 is 5.73 Å². The predicted octanol–water partition coefficient (Wildman–Crippen LogP) is -0.785. The fraction of sp³-hybridized carbons (Fsp3) is 0.455. The van der Waals surface area contributed by atoms with Gasteiger partial charge >= 0.3 is 0 Å². The summed E-state index contributed by atoms with van der Waals surface area (Å²) in [4.78, 5) is 8.06. The van der Waals surface area contributed by atoms with E-state index in [1.165, 1.54) is 6.33 Å². The first-order valence-electron chi connectivity index (χ1n) is 5.93. The zero-order chi connectivity index (χ0) is 14.4. The molecule has 0 unspecified atom stereocenters. The summed E-state index contributed by atoms with van der Waals surface area (Å²) in [6.07, 6.45) is -1.52. The van der Waals surface area contributed by atoms with Crippen LogP contribution in [0.25, 0.3) is 11.0 Å². The highest BCUT2D eigenvalue weighted by Crippen LogP contribution is 2.30. The third kappa shape index (κ3) is 2.07. The SMILES string of the molecule is Nc1ncnc2c1c(Br)cn2C[C@H]1O[C@@H](O)[C@H](O)[C@@H]1O. The molecule has 1 saturated heterocycles. The molecule has 3 rings (SSSR count). The van der Waals surface area contributed by atoms with Crippen molar-refractivity contribution in [3.63, 3.8) is 0 Å². The summed E-state index contributed by atoms with van der Waals surface area (Å²) in [7, 11) is 0. The number of rotatable bonds is 2. The summed E-state index contributed by atoms with van der Waals surface area (Å²) in [6, 6.07) is 0. The van der Waals surface area contributed by atoms with Crippen LogP contribution in [0.5, 0.6) is 0 Å². The number of halogens is 1. The van der Waals surface area contributed by atoms with Crippen molar-refractivity contribution in [1.29, 1.82) is 0 Å². The number of aliphatic hydroxyl groups is 3. The van der Waals surface area contributed by atoms with Gasteiger partial charge in [-0.1, -0.05) is 0 Å². The summed E-state index contributed by atoms with van der Waals surface area (Å²) in [5, 5.41) is 29.3. The van der Waals surface area contributed by atoms with Gasteiger partial charge in [0.05, 0.1) is 11.9 Å². The molecular formula is C11H13BrN4O4. The number of fused-ring (bicyclic) bond motifs is 1. The Bertz CT molecular complexity index is 649. The van der Waals surface area contributed by atoms with Crippen LogP contribution in [0.4, 0.5) is 5.82 Å². The third-order valence-electron chi connectivity index (χ3n) is 3.35. The maximum Gasteiger partial charge on any atom is 0.184 e. The minimum Gasteiger partial charge on any atom is -0.387 e. The average molecular weight is 345 g/mol. The Labute approximate surface area is 121 Å². The highest BCUT2D eigenvalue weighted by atomic mass is 79.9. The molecule has 0 radical (unpaired) electrons. The van der Waals surface area contributed by atoms with Gasteiger partial charge < -0.3 is 30.4 Å². The Hall–Kier alpha value is -1.26. The molecule has 0 bridgehead atoms. The Morgan fingerprint density at radius 2 is 2.05 bits per heavy atom. The Balaban J connectivity index is 1.94. The molecule has 0 spiro atoms. The van der Waals surface area contributed by atoms with Gasteiger partial charge in [0.2, 0.25) is 0 Å². The second-order valence-corrected chi connectivity index (χ2v) is 5.49. The van der Waals surface area contributed by atoms with Crippen LogP contribution in [0.1, 0.15) is 0 Å². The standard InChI is InChI=1S/C11H13BrN4O4/c12-4-1-16(10-6(4)9(13)14-3-15-10)2-5-7(17)8(18)11(19)20-5/h1,3,5,7-8,11,17-19H,2H2,(H2,13,14,15)/t5-,7-,8-,11-/m1/s1. The molecule has 1 fully saturated rings. The fourth-order valence-corrected chi connectivity index (χ4v) is 2.94. The second kappa shape index (κ2) is 4.93. The Morgan fingerprint density at radius 3 is 2.70 bits per heavy atom. The first kappa shape index (κ1) is 13.7. The first-order valence-corrected chi connectivity index (χ1v) is 6.73. The molecule has 108 valence electrons. The Kier molecular flexibility index (Phi) is 3.38. The van der Waals surface area contributed by atoms with E-state index in [1.807, 2.05) is 0 Å². The number of aromatic nitrogens is 3. The van der Waals surface area contributed by atoms with Crippen molar-refractivity contribution in [2.45, 2.75) is 31.1 Å². The lowest BCUT2D eigenvalue weighted by molar-refractivity contribution is -0.128. The van der Waals surface area contributed by atoms with Crippen molar-refractivity contribution in [3.8, 4) is 0 Å². The monoisotopic (exact) mass is 344 g/mol. The smallest absolute Gasteiger partial charge is 0.184 e. The molecule has 1 aliphatic rings. The van der Waals surface area contributed by atoms with E-state index in [0.29, 0.717) is 16.9 Å². The number of nitrogen functional groups attached to an aromatic ring is 1. The van der Waals surface area contributed by atoms with Crippen molar-refractivity contribution in [3.05, 3.63) is 17.0 Å². The molecule has 8 nitrogen and oxygen atoms in total. The zero-order valence-electron chi connectivity index (χ0n) is 10.2. The minimum absolute atomic E-state index is 0.216. The number of ether oxygens (including phenoxy) is 1. The van der Waals surface area contributed by atoms with Crippen molar-refractivity contribution in [2.75, 3.05) is 5.73 Å². The van der Waals surface area contributed by atoms with E-state index in [4.69, 9.17) is 10.5 Å². The number of aliphatic hydroxyl groups excluding tert-OH is 3. The van der Waals surface area contributed by atoms with Crippen LogP contribution in [0.2, 0.25) is 0 Å². The van der Waals surface area contributed by atoms with Crippen molar-refractivity contribution in [2.24, 2.45) is 0 Å². The maximum atomic E-state index is 9.81. The molecule has 0 aliphatic carbocycles. The second-order valence-electron chi connectivity index (χ2n) is 4.63. The first-order chi connectivity index (χ1) is 9.49. The van der Waals surface area contributed by atoms with Crippen LogP contribution in [0, 0.1) is 0 Å². The largest absolute Gasteiger partial charge is 0.387 e. The van der Waals surface area contributed by atoms with E-state index < -0.39 is 24.6 Å². The number of hydrogen-bond donors (Lipinski definition) is 4. The highest BCUT2D eigenvalue weighted by molar-refractivity contribution is 9.10. The van der Waals surface area contributed by atoms with E-state index in [9.17, 15) is 15.3 Å². The molecule has 20 heavy (non-hydrogen) atoms. The van der Waals surface area contributed by atoms with Crippen molar-refractivity contribution < 1.29 is 20.1 Å². The van der Waals surface area contributed by atoms with Gasteiger partial charge in [-0.25, -0.2) is 9.97 Å². The number of anilines is 1. The minimum atomic E-state index is -1.39. The van der Waals surface area contributed by atoms with E-state index in [2.05, 4.69) is 25.9 Å². The number of nitrogens with two attached hydrogens (primary N) is 1. The van der Waals surface area contributed by atoms with E-state index in [-0.39, 0.29) is 6.54 Å². The van der Waals surface area contributed by atoms with Gasteiger partial charge in [0, 0.05) is 10.7 Å². The summed E-state index contributed by atoms with van der Waals surface area (Å²) in [5.41, 5.74) is 6.37. The molecule has 9 heteroatoms. The molecule has 4 atom stereocenters. The van der Waals surface area contributed by atoms with Gasteiger partial charge in [0.15, 0.2) is 6.29 Å². The van der Waals surface area contributed by atoms with Gasteiger partial charge in [0.1, 0.15) is 36.1 Å². The van der Waals surface area contributed by atoms with Crippen molar-refractivity contribution >= 4 is 32.8 Å². The molecule has 2 aromatic rings. The van der Waals surface area contributed by atoms with Gasteiger partial charge in [-0.2, -0.15) is 0 Å². The van der Waals surface area contributed by atoms with Crippen LogP contribution >= 0.6 is 15.9 Å². The van der Waals surface area contributed by atoms with Crippen LogP contribution in [-0.2, 0) is 11.3 Å². The van der Waals surface area contributed by atoms with Gasteiger partial charge in [0.25, 0.3) is 0 Å². The molecule has 3 heterocycles. The van der Waals surface area contributed by atoms with Gasteiger partial charge in [-0.15, -0.1) is 0 Å². The van der Waals surface area contributed by atoms with Gasteiger partial charge in [-0.05, 0) is 15.9 Å². The lowest BCUT2D eigenvalue weighted by Crippen LogP contribution is -2.34. The molecule has 0 aromatic carbocycles. The summed E-state index contributed by atoms with van der Waals surface area (Å²) in [5.74, 6) is 0.341. The maximum absolute atomic E-state index is 9.81. The quantitative estimate of drug-likeness (QED) is 0.562. The van der Waals surface area contributed by atoms with E-state index >= 15 is 0 Å². The van der Waals surface area contributed by atoms with Crippen LogP contribution in [0.15, 0.2) is 17.0 Å². The highest BCUT2D eigenvalue weighted by Gasteiger charge is 2.42. The molecule has 2 aromatic heterocycles. The topological polar surface area (TPSA) is 127 Å². The van der Waals surface area contributed by atoms with Crippen LogP contribution in [-0.4, -0.2) is 54.5 Å². The summed E-state index contributed by atoms with van der Waals surface area (Å²) in [6.45, 7) is 0.216. The van der Waals surface area contributed by atoms with Crippen LogP contribution in [0.3, 0.4) is 0 Å². The lowest BCUT2D eigenvalue weighted by Gasteiger charge is -2.15. The van der Waals surface area contributed by atoms with Crippen molar-refractivity contribution in [1.82, 2.24) is 14.5 Å². The third-order valence-corrected chi connectivity index (χ3v) is 3.95. The van der Waals surface area contributed by atoms with E-state index in [0.717, 1.165) is 4.47 Å². The number of hydrogen-bond acceptors (Lipinski definition) is 7. The average Bonchev–Trinajstić information content (AvgIpc) is 2.85. The Morgan fingerprint density at radius 1 is 1.30 bits per heavy atom. The fourth-order valence-electron chi connectivity index (χ4n) is 2.31. The summed E-state index contributed by atoms with van der Waals surface area (Å²) < 4.78 is 7.56. The lowest BCUT2D eigenvalue weighted by atomic mass is 10.1. The molecular weight excluding hydrogens is 332 g/mol. The molecule has 0 amide bonds. The van der Waals surface area contributed by atoms with E-state index in [1.54, 1.807) is 10.8 Å². The number of nitrogens with zero attached hydrogens (tertiary/aromatic N) is 3.